The van der Waals surface area contributed by atoms with E-state index in [0.717, 1.165) is 29.8 Å². The molecule has 3 aromatic rings. The quantitative estimate of drug-likeness (QED) is 0.433. The van der Waals surface area contributed by atoms with E-state index < -0.39 is 0 Å². The molecule has 0 unspecified atom stereocenters. The average molecular weight is 457 g/mol. The Bertz CT molecular complexity index is 1190. The standard InChI is InChI=1S/C29H32N2O3/c1-18(2)19-10-13-22(14-11-19)31-28(21-16-25(32-3)29(34-5)26(17-21)33-4)24-15-12-20-8-6-7-9-23(20)27(24)30-31/h6-11,13-14,16-18,24,28H,12,15H2,1-5H3/t24-,28-/m0/s1. The molecule has 1 heterocycles. The lowest BCUT2D eigenvalue weighted by atomic mass is 9.77. The van der Waals surface area contributed by atoms with Crippen LogP contribution in [0.3, 0.4) is 0 Å². The smallest absolute Gasteiger partial charge is 0.203 e. The minimum Gasteiger partial charge on any atom is -0.493 e. The predicted molar refractivity (Wildman–Crippen MR) is 137 cm³/mol. The fraction of sp³-hybridized carbons (Fsp3) is 0.345. The maximum absolute atomic E-state index is 5.69. The average Bonchev–Trinajstić information content (AvgIpc) is 3.28. The van der Waals surface area contributed by atoms with Crippen molar-refractivity contribution < 1.29 is 14.2 Å². The maximum atomic E-state index is 5.69. The molecule has 0 N–H and O–H groups in total. The van der Waals surface area contributed by atoms with Crippen LogP contribution < -0.4 is 19.2 Å². The fourth-order valence-corrected chi connectivity index (χ4v) is 5.30. The third-order valence-electron chi connectivity index (χ3n) is 7.08. The van der Waals surface area contributed by atoms with Gasteiger partial charge in [-0.15, -0.1) is 0 Å². The number of hydrazone groups is 1. The van der Waals surface area contributed by atoms with E-state index in [0.29, 0.717) is 23.2 Å². The molecule has 0 bridgehead atoms. The number of hydrogen-bond acceptors (Lipinski definition) is 5. The molecule has 2 atom stereocenters. The largest absolute Gasteiger partial charge is 0.493 e. The molecule has 0 aromatic heterocycles. The van der Waals surface area contributed by atoms with Gasteiger partial charge in [-0.25, -0.2) is 0 Å². The van der Waals surface area contributed by atoms with E-state index in [4.69, 9.17) is 19.3 Å². The first-order valence-electron chi connectivity index (χ1n) is 11.9. The summed E-state index contributed by atoms with van der Waals surface area (Å²) in [6.07, 6.45) is 2.08. The van der Waals surface area contributed by atoms with Gasteiger partial charge < -0.3 is 14.2 Å². The summed E-state index contributed by atoms with van der Waals surface area (Å²) >= 11 is 0. The van der Waals surface area contributed by atoms with Gasteiger partial charge in [0.15, 0.2) is 11.5 Å². The SMILES string of the molecule is COc1cc([C@H]2[C@H]3CCc4ccccc4C3=NN2c2ccc(C(C)C)cc2)cc(OC)c1OC. The number of methoxy groups -OCH3 is 3. The van der Waals surface area contributed by atoms with Crippen molar-refractivity contribution in [3.05, 3.63) is 82.9 Å². The van der Waals surface area contributed by atoms with Gasteiger partial charge in [0.25, 0.3) is 0 Å². The number of fused-ring (bicyclic) bond motifs is 3. The van der Waals surface area contributed by atoms with Crippen LogP contribution in [-0.2, 0) is 6.42 Å². The summed E-state index contributed by atoms with van der Waals surface area (Å²) in [6.45, 7) is 4.44. The Kier molecular flexibility index (Phi) is 5.94. The molecule has 1 aliphatic carbocycles. The van der Waals surface area contributed by atoms with E-state index in [-0.39, 0.29) is 12.0 Å². The molecule has 176 valence electrons. The summed E-state index contributed by atoms with van der Waals surface area (Å²) in [5.74, 6) is 2.68. The first kappa shape index (κ1) is 22.3. The van der Waals surface area contributed by atoms with E-state index in [1.807, 2.05) is 0 Å². The summed E-state index contributed by atoms with van der Waals surface area (Å²) in [5.41, 5.74) is 7.31. The van der Waals surface area contributed by atoms with E-state index in [9.17, 15) is 0 Å². The van der Waals surface area contributed by atoms with Gasteiger partial charge in [0, 0.05) is 11.5 Å². The fourth-order valence-electron chi connectivity index (χ4n) is 5.30. The van der Waals surface area contributed by atoms with Crippen LogP contribution in [0.1, 0.15) is 54.5 Å². The number of aryl methyl sites for hydroxylation is 1. The topological polar surface area (TPSA) is 43.3 Å². The Morgan fingerprint density at radius 1 is 0.882 bits per heavy atom. The van der Waals surface area contributed by atoms with Gasteiger partial charge in [-0.3, -0.25) is 5.01 Å². The van der Waals surface area contributed by atoms with Gasteiger partial charge in [-0.1, -0.05) is 50.2 Å². The lowest BCUT2D eigenvalue weighted by Gasteiger charge is -2.31. The first-order valence-corrected chi connectivity index (χ1v) is 11.9. The number of hydrogen-bond donors (Lipinski definition) is 0. The summed E-state index contributed by atoms with van der Waals surface area (Å²) in [7, 11) is 4.96. The van der Waals surface area contributed by atoms with Crippen molar-refractivity contribution in [3.8, 4) is 17.2 Å². The van der Waals surface area contributed by atoms with Crippen molar-refractivity contribution in [1.29, 1.82) is 0 Å². The Morgan fingerprint density at radius 3 is 2.18 bits per heavy atom. The Hall–Kier alpha value is -3.47. The van der Waals surface area contributed by atoms with E-state index in [1.165, 1.54) is 16.7 Å². The van der Waals surface area contributed by atoms with E-state index in [1.54, 1.807) is 21.3 Å². The Balaban J connectivity index is 1.65. The van der Waals surface area contributed by atoms with Crippen LogP contribution in [0.2, 0.25) is 0 Å². The van der Waals surface area contributed by atoms with Gasteiger partial charge in [0.1, 0.15) is 0 Å². The second-order valence-corrected chi connectivity index (χ2v) is 9.28. The van der Waals surface area contributed by atoms with Gasteiger partial charge in [-0.05, 0) is 59.7 Å². The molecule has 3 aromatic carbocycles. The molecule has 5 rings (SSSR count). The van der Waals surface area contributed by atoms with Crippen molar-refractivity contribution in [1.82, 2.24) is 0 Å². The normalized spacial score (nSPS) is 18.9. The molecule has 0 saturated heterocycles. The lowest BCUT2D eigenvalue weighted by molar-refractivity contribution is 0.323. The molecule has 2 aliphatic rings. The minimum atomic E-state index is 0.0296. The molecule has 1 aliphatic heterocycles. The highest BCUT2D eigenvalue weighted by atomic mass is 16.5. The first-order chi connectivity index (χ1) is 16.5. The zero-order chi connectivity index (χ0) is 23.8. The Labute approximate surface area is 202 Å². The van der Waals surface area contributed by atoms with Crippen LogP contribution >= 0.6 is 0 Å². The molecule has 0 spiro atoms. The van der Waals surface area contributed by atoms with Crippen LogP contribution in [0, 0.1) is 5.92 Å². The van der Waals surface area contributed by atoms with Gasteiger partial charge in [0.2, 0.25) is 5.75 Å². The summed E-state index contributed by atoms with van der Waals surface area (Å²) < 4.78 is 17.0. The van der Waals surface area contributed by atoms with Crippen molar-refractivity contribution >= 4 is 11.4 Å². The van der Waals surface area contributed by atoms with Crippen LogP contribution in [-0.4, -0.2) is 27.0 Å². The molecule has 0 amide bonds. The van der Waals surface area contributed by atoms with E-state index in [2.05, 4.69) is 79.5 Å². The third kappa shape index (κ3) is 3.69. The molecule has 5 nitrogen and oxygen atoms in total. The van der Waals surface area contributed by atoms with Gasteiger partial charge in [-0.2, -0.15) is 5.10 Å². The lowest BCUT2D eigenvalue weighted by Crippen LogP contribution is -2.29. The number of anilines is 1. The highest BCUT2D eigenvalue weighted by Gasteiger charge is 2.42. The van der Waals surface area contributed by atoms with Crippen LogP contribution in [0.4, 0.5) is 5.69 Å². The summed E-state index contributed by atoms with van der Waals surface area (Å²) in [6, 6.07) is 21.6. The van der Waals surface area contributed by atoms with Gasteiger partial charge in [0.05, 0.1) is 38.8 Å². The second-order valence-electron chi connectivity index (χ2n) is 9.28. The van der Waals surface area contributed by atoms with Crippen molar-refractivity contribution in [2.45, 2.75) is 38.6 Å². The Morgan fingerprint density at radius 2 is 1.56 bits per heavy atom. The molecule has 0 radical (unpaired) electrons. The number of benzene rings is 3. The van der Waals surface area contributed by atoms with Crippen LogP contribution in [0.15, 0.2) is 65.8 Å². The summed E-state index contributed by atoms with van der Waals surface area (Å²) in [4.78, 5) is 0. The summed E-state index contributed by atoms with van der Waals surface area (Å²) in [5, 5.41) is 7.43. The zero-order valence-electron chi connectivity index (χ0n) is 20.5. The van der Waals surface area contributed by atoms with Crippen molar-refractivity contribution in [2.24, 2.45) is 11.0 Å². The monoisotopic (exact) mass is 456 g/mol. The zero-order valence-corrected chi connectivity index (χ0v) is 20.5. The highest BCUT2D eigenvalue weighted by molar-refractivity contribution is 6.07. The third-order valence-corrected chi connectivity index (χ3v) is 7.08. The molecule has 0 fully saturated rings. The molecular weight excluding hydrogens is 424 g/mol. The van der Waals surface area contributed by atoms with Crippen molar-refractivity contribution in [3.63, 3.8) is 0 Å². The molecular formula is C29H32N2O3. The molecule has 34 heavy (non-hydrogen) atoms. The number of nitrogens with zero attached hydrogens (tertiary/aromatic N) is 2. The second kappa shape index (κ2) is 9.05. The maximum Gasteiger partial charge on any atom is 0.203 e. The van der Waals surface area contributed by atoms with Gasteiger partial charge >= 0.3 is 0 Å². The minimum absolute atomic E-state index is 0.0296. The van der Waals surface area contributed by atoms with Crippen LogP contribution in [0.25, 0.3) is 0 Å². The highest BCUT2D eigenvalue weighted by Crippen LogP contribution is 2.49. The van der Waals surface area contributed by atoms with E-state index >= 15 is 0 Å². The van der Waals surface area contributed by atoms with Crippen molar-refractivity contribution in [2.75, 3.05) is 26.3 Å². The molecule has 5 heteroatoms. The van der Waals surface area contributed by atoms with Crippen LogP contribution in [0.5, 0.6) is 17.2 Å². The number of rotatable bonds is 6. The number of ether oxygens (including phenoxy) is 3. The predicted octanol–water partition coefficient (Wildman–Crippen LogP) is 6.36. The molecule has 0 saturated carbocycles.